The lowest BCUT2D eigenvalue weighted by atomic mass is 10.2. The number of aryl methyl sites for hydroxylation is 2. The number of carbonyl (C=O) groups is 1. The number of sulfone groups is 1. The highest BCUT2D eigenvalue weighted by atomic mass is 35.5. The van der Waals surface area contributed by atoms with E-state index < -0.39 is 25.8 Å². The van der Waals surface area contributed by atoms with E-state index in [0.717, 1.165) is 6.26 Å². The first kappa shape index (κ1) is 22.7. The largest absolute Gasteiger partial charge is 0.360 e. The van der Waals surface area contributed by atoms with Crippen LogP contribution in [0.1, 0.15) is 28.2 Å². The van der Waals surface area contributed by atoms with Crippen LogP contribution < -0.4 is 0 Å². The van der Waals surface area contributed by atoms with Crippen LogP contribution in [-0.4, -0.2) is 69.5 Å². The first-order valence-corrected chi connectivity index (χ1v) is 12.9. The minimum Gasteiger partial charge on any atom is -0.360 e. The number of sulfonamides is 1. The van der Waals surface area contributed by atoms with Crippen LogP contribution in [0.5, 0.6) is 0 Å². The number of benzene rings is 1. The van der Waals surface area contributed by atoms with Crippen LogP contribution in [0.15, 0.2) is 32.5 Å². The molecule has 1 aliphatic rings. The Balaban J connectivity index is 1.83. The van der Waals surface area contributed by atoms with Crippen molar-refractivity contribution in [1.29, 1.82) is 0 Å². The van der Waals surface area contributed by atoms with Crippen LogP contribution in [0.2, 0.25) is 5.02 Å². The summed E-state index contributed by atoms with van der Waals surface area (Å²) in [5.74, 6) is -0.226. The number of hydrogen-bond donors (Lipinski definition) is 0. The van der Waals surface area contributed by atoms with Gasteiger partial charge in [0.05, 0.1) is 15.5 Å². The summed E-state index contributed by atoms with van der Waals surface area (Å²) >= 11 is 6.14. The third-order valence-corrected chi connectivity index (χ3v) is 8.49. The fourth-order valence-electron chi connectivity index (χ4n) is 3.38. The summed E-state index contributed by atoms with van der Waals surface area (Å²) in [6.45, 7) is 3.87. The van der Waals surface area contributed by atoms with Gasteiger partial charge in [0.25, 0.3) is 5.91 Å². The van der Waals surface area contributed by atoms with Crippen LogP contribution in [-0.2, 0) is 19.9 Å². The molecule has 30 heavy (non-hydrogen) atoms. The second kappa shape index (κ2) is 8.29. The third-order valence-electron chi connectivity index (χ3n) is 4.90. The fourth-order valence-corrected chi connectivity index (χ4v) is 5.98. The second-order valence-corrected chi connectivity index (χ2v) is 11.4. The zero-order valence-electron chi connectivity index (χ0n) is 16.8. The monoisotopic (exact) mass is 475 g/mol. The Morgan fingerprint density at radius 3 is 2.40 bits per heavy atom. The molecule has 164 valence electrons. The lowest BCUT2D eigenvalue weighted by molar-refractivity contribution is 0.0764. The highest BCUT2D eigenvalue weighted by Crippen LogP contribution is 2.26. The number of aromatic nitrogens is 1. The van der Waals surface area contributed by atoms with Crippen molar-refractivity contribution in [2.75, 3.05) is 32.4 Å². The van der Waals surface area contributed by atoms with Gasteiger partial charge < -0.3 is 9.42 Å². The molecule has 2 heterocycles. The van der Waals surface area contributed by atoms with Crippen molar-refractivity contribution in [2.24, 2.45) is 0 Å². The summed E-state index contributed by atoms with van der Waals surface area (Å²) < 4.78 is 56.0. The second-order valence-electron chi connectivity index (χ2n) is 7.12. The molecular formula is C18H22ClN3O6S2. The molecule has 1 fully saturated rings. The van der Waals surface area contributed by atoms with E-state index in [1.807, 2.05) is 0 Å². The predicted molar refractivity (Wildman–Crippen MR) is 110 cm³/mol. The third kappa shape index (κ3) is 4.39. The number of rotatable bonds is 4. The molecule has 1 amide bonds. The van der Waals surface area contributed by atoms with Gasteiger partial charge in [-0.1, -0.05) is 16.8 Å². The van der Waals surface area contributed by atoms with Crippen molar-refractivity contribution >= 4 is 37.4 Å². The molecule has 0 saturated carbocycles. The minimum absolute atomic E-state index is 0.00677. The van der Waals surface area contributed by atoms with Gasteiger partial charge in [-0.2, -0.15) is 4.31 Å². The molecule has 12 heteroatoms. The van der Waals surface area contributed by atoms with Gasteiger partial charge >= 0.3 is 0 Å². The van der Waals surface area contributed by atoms with E-state index in [4.69, 9.17) is 16.1 Å². The molecule has 0 N–H and O–H groups in total. The van der Waals surface area contributed by atoms with Gasteiger partial charge in [-0.3, -0.25) is 4.79 Å². The molecule has 0 atom stereocenters. The number of nitrogens with zero attached hydrogens (tertiary/aromatic N) is 3. The molecule has 0 bridgehead atoms. The summed E-state index contributed by atoms with van der Waals surface area (Å²) in [7, 11) is -7.32. The average Bonchev–Trinajstić information content (AvgIpc) is 2.85. The molecule has 1 saturated heterocycles. The average molecular weight is 476 g/mol. The maximum atomic E-state index is 13.0. The SMILES string of the molecule is Cc1noc(C)c1S(=O)(=O)N1CCCN(C(=O)c2cc(S(C)(=O)=O)ccc2Cl)CC1. The normalized spacial score (nSPS) is 16.5. The van der Waals surface area contributed by atoms with Gasteiger partial charge in [0, 0.05) is 32.4 Å². The lowest BCUT2D eigenvalue weighted by Crippen LogP contribution is -2.37. The van der Waals surface area contributed by atoms with Crippen molar-refractivity contribution in [1.82, 2.24) is 14.4 Å². The van der Waals surface area contributed by atoms with Crippen LogP contribution in [0.3, 0.4) is 0 Å². The van der Waals surface area contributed by atoms with E-state index in [-0.39, 0.29) is 51.5 Å². The van der Waals surface area contributed by atoms with Gasteiger partial charge in [0.15, 0.2) is 15.6 Å². The highest BCUT2D eigenvalue weighted by molar-refractivity contribution is 7.90. The van der Waals surface area contributed by atoms with Crippen molar-refractivity contribution in [3.8, 4) is 0 Å². The molecule has 0 spiro atoms. The molecule has 0 unspecified atom stereocenters. The molecular weight excluding hydrogens is 454 g/mol. The van der Waals surface area contributed by atoms with Crippen molar-refractivity contribution in [3.05, 3.63) is 40.2 Å². The van der Waals surface area contributed by atoms with Crippen LogP contribution in [0.25, 0.3) is 0 Å². The lowest BCUT2D eigenvalue weighted by Gasteiger charge is -2.22. The Bertz CT molecular complexity index is 1170. The first-order valence-electron chi connectivity index (χ1n) is 9.15. The standard InChI is InChI=1S/C18H22ClN3O6S2/c1-12-17(13(2)28-20-12)30(26,27)22-8-4-7-21(9-10-22)18(23)15-11-14(29(3,24)25)5-6-16(15)19/h5-6,11H,4,7-10H2,1-3H3. The van der Waals surface area contributed by atoms with E-state index in [0.29, 0.717) is 13.0 Å². The van der Waals surface area contributed by atoms with Gasteiger partial charge in [0.2, 0.25) is 10.0 Å². The van der Waals surface area contributed by atoms with Crippen LogP contribution in [0.4, 0.5) is 0 Å². The minimum atomic E-state index is -3.82. The Morgan fingerprint density at radius 2 is 1.80 bits per heavy atom. The smallest absolute Gasteiger partial charge is 0.255 e. The van der Waals surface area contributed by atoms with Crippen LogP contribution in [0, 0.1) is 13.8 Å². The zero-order chi connectivity index (χ0) is 22.3. The summed E-state index contributed by atoms with van der Waals surface area (Å²) in [4.78, 5) is 14.5. The maximum absolute atomic E-state index is 13.0. The number of amides is 1. The van der Waals surface area contributed by atoms with E-state index in [2.05, 4.69) is 5.16 Å². The van der Waals surface area contributed by atoms with E-state index >= 15 is 0 Å². The molecule has 1 aromatic heterocycles. The Hall–Kier alpha value is -1.95. The topological polar surface area (TPSA) is 118 Å². The summed E-state index contributed by atoms with van der Waals surface area (Å²) in [5.41, 5.74) is 0.357. The van der Waals surface area contributed by atoms with Crippen molar-refractivity contribution in [3.63, 3.8) is 0 Å². The van der Waals surface area contributed by atoms with Gasteiger partial charge in [-0.25, -0.2) is 16.8 Å². The van der Waals surface area contributed by atoms with Crippen LogP contribution >= 0.6 is 11.6 Å². The predicted octanol–water partition coefficient (Wildman–Crippen LogP) is 1.89. The van der Waals surface area contributed by atoms with Gasteiger partial charge in [-0.15, -0.1) is 0 Å². The molecule has 2 aromatic rings. The number of halogens is 1. The van der Waals surface area contributed by atoms with E-state index in [1.54, 1.807) is 6.92 Å². The quantitative estimate of drug-likeness (QED) is 0.662. The molecule has 9 nitrogen and oxygen atoms in total. The summed E-state index contributed by atoms with van der Waals surface area (Å²) in [5, 5.41) is 3.85. The summed E-state index contributed by atoms with van der Waals surface area (Å²) in [6.07, 6.45) is 1.46. The van der Waals surface area contributed by atoms with Crippen molar-refractivity contribution in [2.45, 2.75) is 30.1 Å². The van der Waals surface area contributed by atoms with E-state index in [1.165, 1.54) is 34.3 Å². The fraction of sp³-hybridized carbons (Fsp3) is 0.444. The van der Waals surface area contributed by atoms with Crippen molar-refractivity contribution < 1.29 is 26.2 Å². The molecule has 0 radical (unpaired) electrons. The highest BCUT2D eigenvalue weighted by Gasteiger charge is 2.33. The zero-order valence-corrected chi connectivity index (χ0v) is 19.1. The van der Waals surface area contributed by atoms with E-state index in [9.17, 15) is 21.6 Å². The Morgan fingerprint density at radius 1 is 1.10 bits per heavy atom. The Labute approximate surface area is 180 Å². The maximum Gasteiger partial charge on any atom is 0.255 e. The molecule has 1 aliphatic heterocycles. The summed E-state index contributed by atoms with van der Waals surface area (Å²) in [6, 6.07) is 3.97. The number of carbonyl (C=O) groups excluding carboxylic acids is 1. The molecule has 1 aromatic carbocycles. The van der Waals surface area contributed by atoms with Gasteiger partial charge in [-0.05, 0) is 38.5 Å². The molecule has 3 rings (SSSR count). The molecule has 0 aliphatic carbocycles. The number of hydrogen-bond acceptors (Lipinski definition) is 7. The first-order chi connectivity index (χ1) is 13.9. The Kier molecular flexibility index (Phi) is 6.28. The van der Waals surface area contributed by atoms with Gasteiger partial charge in [0.1, 0.15) is 10.6 Å².